The lowest BCUT2D eigenvalue weighted by Crippen LogP contribution is -2.44. The number of anilines is 1. The Morgan fingerprint density at radius 2 is 2.13 bits per heavy atom. The summed E-state index contributed by atoms with van der Waals surface area (Å²) in [4.78, 5) is 26.1. The summed E-state index contributed by atoms with van der Waals surface area (Å²) >= 11 is 0. The van der Waals surface area contributed by atoms with E-state index in [2.05, 4.69) is 37.4 Å². The second kappa shape index (κ2) is 6.73. The number of carbonyl (C=O) groups excluding carboxylic acids is 2. The molecule has 1 aromatic rings. The van der Waals surface area contributed by atoms with Crippen LogP contribution < -0.4 is 10.2 Å². The zero-order chi connectivity index (χ0) is 16.4. The van der Waals surface area contributed by atoms with E-state index in [1.54, 1.807) is 0 Å². The fraction of sp³-hybridized carbons (Fsp3) is 0.579. The van der Waals surface area contributed by atoms with Crippen LogP contribution in [-0.2, 0) is 16.0 Å². The van der Waals surface area contributed by atoms with Crippen molar-refractivity contribution in [3.63, 3.8) is 0 Å². The lowest BCUT2D eigenvalue weighted by atomic mass is 9.94. The molecule has 2 aliphatic rings. The molecule has 0 saturated carbocycles. The lowest BCUT2D eigenvalue weighted by molar-refractivity contribution is -0.124. The van der Waals surface area contributed by atoms with Crippen molar-refractivity contribution in [2.75, 3.05) is 11.4 Å². The number of piperidine rings is 1. The first-order valence-corrected chi connectivity index (χ1v) is 8.77. The van der Waals surface area contributed by atoms with E-state index in [1.807, 2.05) is 4.90 Å². The Morgan fingerprint density at radius 3 is 2.87 bits per heavy atom. The van der Waals surface area contributed by atoms with Crippen LogP contribution in [0.15, 0.2) is 18.2 Å². The largest absolute Gasteiger partial charge is 0.353 e. The Balaban J connectivity index is 1.74. The molecule has 3 rings (SSSR count). The molecule has 2 amide bonds. The predicted octanol–water partition coefficient (Wildman–Crippen LogP) is 3.15. The third-order valence-corrected chi connectivity index (χ3v) is 4.93. The molecule has 4 nitrogen and oxygen atoms in total. The minimum absolute atomic E-state index is 0.00376. The molecule has 2 aliphatic heterocycles. The number of nitrogens with zero attached hydrogens (tertiary/aromatic N) is 1. The molecule has 0 aromatic heterocycles. The SMILES string of the molecule is CC(C)c1ccc2c(c1)CCCN2C(=O)CC1CCCC(=O)N1. The molecule has 23 heavy (non-hydrogen) atoms. The molecule has 124 valence electrons. The summed E-state index contributed by atoms with van der Waals surface area (Å²) in [5.74, 6) is 0.717. The molecule has 1 atom stereocenters. The molecule has 1 saturated heterocycles. The quantitative estimate of drug-likeness (QED) is 0.932. The van der Waals surface area contributed by atoms with Gasteiger partial charge in [0.05, 0.1) is 0 Å². The Labute approximate surface area is 138 Å². The van der Waals surface area contributed by atoms with Gasteiger partial charge in [-0.15, -0.1) is 0 Å². The van der Waals surface area contributed by atoms with E-state index in [4.69, 9.17) is 0 Å². The van der Waals surface area contributed by atoms with Crippen molar-refractivity contribution >= 4 is 17.5 Å². The van der Waals surface area contributed by atoms with Crippen LogP contribution in [0.25, 0.3) is 0 Å². The van der Waals surface area contributed by atoms with Crippen molar-refractivity contribution in [3.8, 4) is 0 Å². The second-order valence-corrected chi connectivity index (χ2v) is 7.05. The van der Waals surface area contributed by atoms with Gasteiger partial charge < -0.3 is 10.2 Å². The van der Waals surface area contributed by atoms with Crippen molar-refractivity contribution in [2.45, 2.75) is 64.3 Å². The minimum atomic E-state index is 0.00376. The van der Waals surface area contributed by atoms with Crippen molar-refractivity contribution in [1.82, 2.24) is 5.32 Å². The van der Waals surface area contributed by atoms with Crippen molar-refractivity contribution in [3.05, 3.63) is 29.3 Å². The number of hydrogen-bond donors (Lipinski definition) is 1. The predicted molar refractivity (Wildman–Crippen MR) is 91.6 cm³/mol. The van der Waals surface area contributed by atoms with Gasteiger partial charge in [0.15, 0.2) is 0 Å². The van der Waals surface area contributed by atoms with E-state index in [9.17, 15) is 9.59 Å². The van der Waals surface area contributed by atoms with Crippen LogP contribution in [-0.4, -0.2) is 24.4 Å². The van der Waals surface area contributed by atoms with Gasteiger partial charge >= 0.3 is 0 Å². The van der Waals surface area contributed by atoms with E-state index in [0.717, 1.165) is 37.9 Å². The molecule has 1 fully saturated rings. The van der Waals surface area contributed by atoms with Crippen LogP contribution in [0.1, 0.15) is 63.0 Å². The van der Waals surface area contributed by atoms with Gasteiger partial charge in [-0.05, 0) is 48.8 Å². The molecular formula is C19H26N2O2. The Bertz CT molecular complexity index is 609. The van der Waals surface area contributed by atoms with Gasteiger partial charge in [0.25, 0.3) is 0 Å². The standard InChI is InChI=1S/C19H26N2O2/c1-13(2)14-8-9-17-15(11-14)5-4-10-21(17)19(23)12-16-6-3-7-18(22)20-16/h8-9,11,13,16H,3-7,10,12H2,1-2H3,(H,20,22). The van der Waals surface area contributed by atoms with Gasteiger partial charge in [-0.1, -0.05) is 26.0 Å². The summed E-state index contributed by atoms with van der Waals surface area (Å²) in [6.45, 7) is 5.17. The molecular weight excluding hydrogens is 288 g/mol. The number of benzene rings is 1. The third kappa shape index (κ3) is 3.57. The molecule has 0 bridgehead atoms. The first kappa shape index (κ1) is 16.0. The van der Waals surface area contributed by atoms with E-state index >= 15 is 0 Å². The van der Waals surface area contributed by atoms with Crippen molar-refractivity contribution in [2.24, 2.45) is 0 Å². The summed E-state index contributed by atoms with van der Waals surface area (Å²) in [7, 11) is 0. The highest BCUT2D eigenvalue weighted by Gasteiger charge is 2.27. The normalized spacial score (nSPS) is 21.1. The van der Waals surface area contributed by atoms with Gasteiger partial charge in [-0.3, -0.25) is 9.59 Å². The molecule has 0 spiro atoms. The zero-order valence-corrected chi connectivity index (χ0v) is 14.1. The minimum Gasteiger partial charge on any atom is -0.353 e. The number of rotatable bonds is 3. The third-order valence-electron chi connectivity index (χ3n) is 4.93. The van der Waals surface area contributed by atoms with E-state index in [1.165, 1.54) is 11.1 Å². The molecule has 2 heterocycles. The first-order valence-electron chi connectivity index (χ1n) is 8.77. The molecule has 4 heteroatoms. The number of aryl methyl sites for hydroxylation is 1. The maximum Gasteiger partial charge on any atom is 0.229 e. The topological polar surface area (TPSA) is 49.4 Å². The lowest BCUT2D eigenvalue weighted by Gasteiger charge is -2.32. The zero-order valence-electron chi connectivity index (χ0n) is 14.1. The smallest absolute Gasteiger partial charge is 0.229 e. The Hall–Kier alpha value is -1.84. The van der Waals surface area contributed by atoms with Gasteiger partial charge in [-0.25, -0.2) is 0 Å². The van der Waals surface area contributed by atoms with Crippen LogP contribution in [0.5, 0.6) is 0 Å². The fourth-order valence-electron chi connectivity index (χ4n) is 3.59. The molecule has 1 unspecified atom stereocenters. The monoisotopic (exact) mass is 314 g/mol. The van der Waals surface area contributed by atoms with E-state index in [0.29, 0.717) is 18.8 Å². The number of hydrogen-bond acceptors (Lipinski definition) is 2. The van der Waals surface area contributed by atoms with Gasteiger partial charge in [-0.2, -0.15) is 0 Å². The van der Waals surface area contributed by atoms with Crippen LogP contribution in [0.4, 0.5) is 5.69 Å². The van der Waals surface area contributed by atoms with Gasteiger partial charge in [0.2, 0.25) is 11.8 Å². The maximum absolute atomic E-state index is 12.7. The van der Waals surface area contributed by atoms with E-state index < -0.39 is 0 Å². The van der Waals surface area contributed by atoms with Crippen LogP contribution in [0.2, 0.25) is 0 Å². The highest BCUT2D eigenvalue weighted by atomic mass is 16.2. The number of fused-ring (bicyclic) bond motifs is 1. The Morgan fingerprint density at radius 1 is 1.30 bits per heavy atom. The number of carbonyl (C=O) groups is 2. The molecule has 0 aliphatic carbocycles. The first-order chi connectivity index (χ1) is 11.0. The number of nitrogens with one attached hydrogen (secondary N) is 1. The van der Waals surface area contributed by atoms with Crippen molar-refractivity contribution < 1.29 is 9.59 Å². The van der Waals surface area contributed by atoms with Crippen LogP contribution in [0.3, 0.4) is 0 Å². The second-order valence-electron chi connectivity index (χ2n) is 7.05. The molecule has 0 radical (unpaired) electrons. The highest BCUT2D eigenvalue weighted by molar-refractivity contribution is 5.95. The average Bonchev–Trinajstić information content (AvgIpc) is 2.53. The van der Waals surface area contributed by atoms with Crippen LogP contribution >= 0.6 is 0 Å². The fourth-order valence-corrected chi connectivity index (χ4v) is 3.59. The van der Waals surface area contributed by atoms with Gasteiger partial charge in [0, 0.05) is 31.1 Å². The molecule has 1 aromatic carbocycles. The summed E-state index contributed by atoms with van der Waals surface area (Å²) in [6, 6.07) is 6.49. The Kier molecular flexibility index (Phi) is 4.69. The number of amides is 2. The van der Waals surface area contributed by atoms with E-state index in [-0.39, 0.29) is 17.9 Å². The van der Waals surface area contributed by atoms with Crippen molar-refractivity contribution in [1.29, 1.82) is 0 Å². The van der Waals surface area contributed by atoms with Gasteiger partial charge in [0.1, 0.15) is 0 Å². The summed E-state index contributed by atoms with van der Waals surface area (Å²) in [6.07, 6.45) is 4.85. The summed E-state index contributed by atoms with van der Waals surface area (Å²) < 4.78 is 0. The summed E-state index contributed by atoms with van der Waals surface area (Å²) in [5, 5.41) is 2.95. The highest BCUT2D eigenvalue weighted by Crippen LogP contribution is 2.31. The average molecular weight is 314 g/mol. The molecule has 1 N–H and O–H groups in total. The summed E-state index contributed by atoms with van der Waals surface area (Å²) in [5.41, 5.74) is 3.67. The maximum atomic E-state index is 12.7. The van der Waals surface area contributed by atoms with Crippen LogP contribution in [0, 0.1) is 0 Å².